The summed E-state index contributed by atoms with van der Waals surface area (Å²) < 4.78 is 0. The first kappa shape index (κ1) is 13.5. The van der Waals surface area contributed by atoms with Crippen LogP contribution in [0.4, 0.5) is 0 Å². The number of nitrogens with one attached hydrogen (secondary N) is 1. The Morgan fingerprint density at radius 3 is 2.55 bits per heavy atom. The van der Waals surface area contributed by atoms with E-state index in [2.05, 4.69) is 69.1 Å². The molecule has 0 heterocycles. The van der Waals surface area contributed by atoms with Gasteiger partial charge in [-0.3, -0.25) is 0 Å². The summed E-state index contributed by atoms with van der Waals surface area (Å²) in [4.78, 5) is 0. The van der Waals surface area contributed by atoms with Gasteiger partial charge in [0.25, 0.3) is 0 Å². The largest absolute Gasteiger partial charge is 0.378 e. The average Bonchev–Trinajstić information content (AvgIpc) is 2.85. The molecule has 0 saturated heterocycles. The molecule has 106 valence electrons. The van der Waals surface area contributed by atoms with Gasteiger partial charge in [-0.15, -0.1) is 0 Å². The van der Waals surface area contributed by atoms with Crippen LogP contribution in [-0.2, 0) is 0 Å². The topological polar surface area (TPSA) is 12.0 Å². The van der Waals surface area contributed by atoms with Crippen LogP contribution < -0.4 is 5.32 Å². The third-order valence-electron chi connectivity index (χ3n) is 5.32. The molecular weight excluding hydrogens is 242 g/mol. The summed E-state index contributed by atoms with van der Waals surface area (Å²) in [6, 6.07) is 0.325. The Morgan fingerprint density at radius 1 is 1.40 bits per heavy atom. The molecular formula is C19H25N. The maximum Gasteiger partial charge on any atom is 0.0631 e. The fourth-order valence-corrected chi connectivity index (χ4v) is 3.53. The molecule has 3 rings (SSSR count). The van der Waals surface area contributed by atoms with Crippen molar-refractivity contribution < 1.29 is 0 Å². The summed E-state index contributed by atoms with van der Waals surface area (Å²) in [5.74, 6) is 1.49. The smallest absolute Gasteiger partial charge is 0.0631 e. The van der Waals surface area contributed by atoms with E-state index in [0.717, 1.165) is 18.0 Å². The van der Waals surface area contributed by atoms with E-state index < -0.39 is 0 Å². The summed E-state index contributed by atoms with van der Waals surface area (Å²) in [5.41, 5.74) is 4.47. The van der Waals surface area contributed by atoms with Gasteiger partial charge >= 0.3 is 0 Å². The second-order valence-electron chi connectivity index (χ2n) is 6.81. The monoisotopic (exact) mass is 267 g/mol. The molecule has 0 fully saturated rings. The Kier molecular flexibility index (Phi) is 3.24. The van der Waals surface area contributed by atoms with Gasteiger partial charge in [-0.1, -0.05) is 68.0 Å². The Balaban J connectivity index is 1.61. The summed E-state index contributed by atoms with van der Waals surface area (Å²) in [6.07, 6.45) is 15.7. The lowest BCUT2D eigenvalue weighted by Gasteiger charge is -2.44. The SMILES string of the molecule is C=C(NC1C=CC=C1)C1(C)C=C(C(C)C2CC=C2C)C1. The van der Waals surface area contributed by atoms with Gasteiger partial charge in [-0.05, 0) is 31.6 Å². The van der Waals surface area contributed by atoms with E-state index in [-0.39, 0.29) is 5.41 Å². The van der Waals surface area contributed by atoms with Gasteiger partial charge in [0.1, 0.15) is 0 Å². The molecule has 0 aromatic rings. The van der Waals surface area contributed by atoms with Crippen LogP contribution in [0.3, 0.4) is 0 Å². The molecule has 0 aromatic carbocycles. The standard InChI is InChI=1S/C19H25N/c1-13-9-10-18(13)14(2)16-11-19(4,12-16)15(3)20-17-7-5-6-8-17/h5-9,11,14,17-18,20H,3,10,12H2,1-2,4H3. The minimum Gasteiger partial charge on any atom is -0.378 e. The van der Waals surface area contributed by atoms with Crippen molar-refractivity contribution in [3.05, 3.63) is 59.9 Å². The summed E-state index contributed by atoms with van der Waals surface area (Å²) >= 11 is 0. The molecule has 3 unspecified atom stereocenters. The van der Waals surface area contributed by atoms with Crippen LogP contribution in [0.2, 0.25) is 0 Å². The lowest BCUT2D eigenvalue weighted by Crippen LogP contribution is -2.38. The maximum absolute atomic E-state index is 4.26. The van der Waals surface area contributed by atoms with Crippen LogP contribution in [0.15, 0.2) is 59.9 Å². The van der Waals surface area contributed by atoms with Gasteiger partial charge in [0.15, 0.2) is 0 Å². The minimum absolute atomic E-state index is 0.134. The Bertz CT molecular complexity index is 534. The van der Waals surface area contributed by atoms with E-state index >= 15 is 0 Å². The van der Waals surface area contributed by atoms with E-state index in [9.17, 15) is 0 Å². The Labute approximate surface area is 122 Å². The maximum atomic E-state index is 4.26. The minimum atomic E-state index is 0.134. The van der Waals surface area contributed by atoms with Crippen molar-refractivity contribution in [3.63, 3.8) is 0 Å². The summed E-state index contributed by atoms with van der Waals surface area (Å²) in [5, 5.41) is 3.52. The fraction of sp³-hybridized carbons (Fsp3) is 0.474. The first-order valence-corrected chi connectivity index (χ1v) is 7.69. The highest BCUT2D eigenvalue weighted by Gasteiger charge is 2.39. The zero-order valence-electron chi connectivity index (χ0n) is 12.8. The van der Waals surface area contributed by atoms with Gasteiger partial charge in [-0.2, -0.15) is 0 Å². The molecule has 20 heavy (non-hydrogen) atoms. The normalized spacial score (nSPS) is 33.0. The molecule has 1 nitrogen and oxygen atoms in total. The van der Waals surface area contributed by atoms with E-state index in [1.54, 1.807) is 11.1 Å². The number of rotatable bonds is 5. The fourth-order valence-electron chi connectivity index (χ4n) is 3.53. The third-order valence-corrected chi connectivity index (χ3v) is 5.32. The molecule has 0 bridgehead atoms. The molecule has 3 aliphatic carbocycles. The van der Waals surface area contributed by atoms with Gasteiger partial charge in [-0.25, -0.2) is 0 Å². The highest BCUT2D eigenvalue weighted by atomic mass is 14.9. The number of allylic oxidation sites excluding steroid dienone is 6. The van der Waals surface area contributed by atoms with Crippen molar-refractivity contribution in [1.29, 1.82) is 0 Å². The Morgan fingerprint density at radius 2 is 2.05 bits per heavy atom. The molecule has 3 atom stereocenters. The predicted octanol–water partition coefficient (Wildman–Crippen LogP) is 4.52. The second kappa shape index (κ2) is 4.80. The van der Waals surface area contributed by atoms with E-state index in [4.69, 9.17) is 0 Å². The summed E-state index contributed by atoms with van der Waals surface area (Å²) in [7, 11) is 0. The van der Waals surface area contributed by atoms with Crippen LogP contribution in [-0.4, -0.2) is 6.04 Å². The van der Waals surface area contributed by atoms with Crippen LogP contribution in [0, 0.1) is 17.3 Å². The molecule has 0 amide bonds. The highest BCUT2D eigenvalue weighted by Crippen LogP contribution is 2.50. The van der Waals surface area contributed by atoms with Crippen LogP contribution in [0.5, 0.6) is 0 Å². The highest BCUT2D eigenvalue weighted by molar-refractivity contribution is 5.37. The number of hydrogen-bond donors (Lipinski definition) is 1. The predicted molar refractivity (Wildman–Crippen MR) is 86.2 cm³/mol. The molecule has 0 spiro atoms. The lowest BCUT2D eigenvalue weighted by atomic mass is 9.62. The van der Waals surface area contributed by atoms with Crippen molar-refractivity contribution in [3.8, 4) is 0 Å². The zero-order valence-corrected chi connectivity index (χ0v) is 12.8. The van der Waals surface area contributed by atoms with Crippen molar-refractivity contribution >= 4 is 0 Å². The molecule has 0 aliphatic heterocycles. The summed E-state index contributed by atoms with van der Waals surface area (Å²) in [6.45, 7) is 11.2. The first-order valence-electron chi connectivity index (χ1n) is 7.69. The van der Waals surface area contributed by atoms with Crippen LogP contribution >= 0.6 is 0 Å². The molecule has 1 N–H and O–H groups in total. The van der Waals surface area contributed by atoms with Crippen molar-refractivity contribution in [2.75, 3.05) is 0 Å². The van der Waals surface area contributed by atoms with Gasteiger partial charge < -0.3 is 5.32 Å². The molecule has 0 radical (unpaired) electrons. The van der Waals surface area contributed by atoms with Crippen molar-refractivity contribution in [1.82, 2.24) is 5.32 Å². The lowest BCUT2D eigenvalue weighted by molar-refractivity contribution is 0.336. The number of hydrogen-bond acceptors (Lipinski definition) is 1. The van der Waals surface area contributed by atoms with E-state index in [1.165, 1.54) is 6.42 Å². The van der Waals surface area contributed by atoms with Gasteiger partial charge in [0.05, 0.1) is 6.04 Å². The molecule has 0 aromatic heterocycles. The van der Waals surface area contributed by atoms with Crippen molar-refractivity contribution in [2.45, 2.75) is 39.7 Å². The van der Waals surface area contributed by atoms with Gasteiger partial charge in [0, 0.05) is 11.1 Å². The first-order chi connectivity index (χ1) is 9.49. The van der Waals surface area contributed by atoms with Crippen LogP contribution in [0.25, 0.3) is 0 Å². The molecule has 0 saturated carbocycles. The Hall–Kier alpha value is -1.50. The van der Waals surface area contributed by atoms with E-state index in [1.807, 2.05) is 0 Å². The molecule has 3 aliphatic rings. The van der Waals surface area contributed by atoms with Crippen LogP contribution in [0.1, 0.15) is 33.6 Å². The zero-order chi connectivity index (χ0) is 14.3. The second-order valence-corrected chi connectivity index (χ2v) is 6.81. The molecule has 1 heteroatoms. The van der Waals surface area contributed by atoms with E-state index in [0.29, 0.717) is 12.0 Å². The van der Waals surface area contributed by atoms with Gasteiger partial charge in [0.2, 0.25) is 0 Å². The average molecular weight is 267 g/mol. The quantitative estimate of drug-likeness (QED) is 0.722. The third kappa shape index (κ3) is 2.19. The van der Waals surface area contributed by atoms with Crippen molar-refractivity contribution in [2.24, 2.45) is 17.3 Å².